The van der Waals surface area contributed by atoms with Crippen molar-refractivity contribution >= 4 is 5.91 Å². The number of amides is 1. The summed E-state index contributed by atoms with van der Waals surface area (Å²) in [5, 5.41) is 2.64. The Labute approximate surface area is 137 Å². The fourth-order valence-electron chi connectivity index (χ4n) is 2.10. The molecule has 0 spiro atoms. The number of benzene rings is 2. The fourth-order valence-corrected chi connectivity index (χ4v) is 2.10. The summed E-state index contributed by atoms with van der Waals surface area (Å²) in [5.74, 6) is -0.713. The van der Waals surface area contributed by atoms with Gasteiger partial charge in [0, 0.05) is 6.54 Å². The van der Waals surface area contributed by atoms with Crippen LogP contribution in [0.15, 0.2) is 42.5 Å². The number of hydrogen-bond donors (Lipinski definition) is 1. The van der Waals surface area contributed by atoms with Gasteiger partial charge in [0.25, 0.3) is 0 Å². The normalized spacial score (nSPS) is 10.5. The minimum Gasteiger partial charge on any atom is -0.494 e. The van der Waals surface area contributed by atoms with Gasteiger partial charge in [-0.05, 0) is 35.4 Å². The van der Waals surface area contributed by atoms with Crippen LogP contribution in [0.2, 0.25) is 0 Å². The van der Waals surface area contributed by atoms with Crippen molar-refractivity contribution in [3.8, 4) is 11.5 Å². The van der Waals surface area contributed by atoms with E-state index in [0.717, 1.165) is 0 Å². The second-order valence-corrected chi connectivity index (χ2v) is 4.95. The van der Waals surface area contributed by atoms with Gasteiger partial charge in [0.15, 0.2) is 11.6 Å². The topological polar surface area (TPSA) is 47.6 Å². The number of halogens is 3. The smallest absolute Gasteiger partial charge is 0.387 e. The fraction of sp³-hybridized carbons (Fsp3) is 0.235. The molecule has 0 saturated heterocycles. The SMILES string of the molecule is COc1ccc(CNC(=O)Cc2cccc(OC(F)F)c2)cc1F. The molecule has 0 bridgehead atoms. The highest BCUT2D eigenvalue weighted by atomic mass is 19.3. The third kappa shape index (κ3) is 5.19. The lowest BCUT2D eigenvalue weighted by atomic mass is 10.1. The van der Waals surface area contributed by atoms with Crippen LogP contribution < -0.4 is 14.8 Å². The number of alkyl halides is 2. The van der Waals surface area contributed by atoms with E-state index in [1.165, 1.54) is 37.4 Å². The molecular formula is C17H16F3NO3. The minimum absolute atomic E-state index is 0.000918. The zero-order chi connectivity index (χ0) is 17.5. The van der Waals surface area contributed by atoms with Gasteiger partial charge in [-0.2, -0.15) is 8.78 Å². The van der Waals surface area contributed by atoms with Gasteiger partial charge in [-0.25, -0.2) is 4.39 Å². The van der Waals surface area contributed by atoms with Crippen molar-refractivity contribution in [1.29, 1.82) is 0 Å². The number of methoxy groups -OCH3 is 1. The van der Waals surface area contributed by atoms with E-state index in [1.807, 2.05) is 0 Å². The lowest BCUT2D eigenvalue weighted by Gasteiger charge is -2.09. The molecule has 2 rings (SSSR count). The van der Waals surface area contributed by atoms with Gasteiger partial charge in [-0.1, -0.05) is 18.2 Å². The Balaban J connectivity index is 1.90. The number of carbonyl (C=O) groups is 1. The molecule has 128 valence electrons. The highest BCUT2D eigenvalue weighted by Gasteiger charge is 2.08. The largest absolute Gasteiger partial charge is 0.494 e. The molecule has 1 N–H and O–H groups in total. The van der Waals surface area contributed by atoms with Crippen LogP contribution in [0.1, 0.15) is 11.1 Å². The molecule has 0 radical (unpaired) electrons. The first-order valence-electron chi connectivity index (χ1n) is 7.11. The summed E-state index contributed by atoms with van der Waals surface area (Å²) >= 11 is 0. The summed E-state index contributed by atoms with van der Waals surface area (Å²) in [6, 6.07) is 10.3. The van der Waals surface area contributed by atoms with Crippen LogP contribution >= 0.6 is 0 Å². The summed E-state index contributed by atoms with van der Waals surface area (Å²) in [7, 11) is 1.37. The lowest BCUT2D eigenvalue weighted by Crippen LogP contribution is -2.24. The summed E-state index contributed by atoms with van der Waals surface area (Å²) in [6.45, 7) is -2.77. The molecule has 0 atom stereocenters. The molecule has 2 aromatic rings. The first kappa shape index (κ1) is 17.7. The van der Waals surface area contributed by atoms with Crippen LogP contribution in [-0.4, -0.2) is 19.6 Å². The molecule has 0 heterocycles. The van der Waals surface area contributed by atoms with E-state index in [4.69, 9.17) is 4.74 Å². The van der Waals surface area contributed by atoms with Crippen LogP contribution in [0, 0.1) is 5.82 Å². The lowest BCUT2D eigenvalue weighted by molar-refractivity contribution is -0.120. The maximum Gasteiger partial charge on any atom is 0.387 e. The average Bonchev–Trinajstić information content (AvgIpc) is 2.53. The molecule has 0 aliphatic rings. The Kier molecular flexibility index (Phi) is 6.06. The molecule has 0 aliphatic heterocycles. The monoisotopic (exact) mass is 339 g/mol. The maximum atomic E-state index is 13.6. The molecule has 7 heteroatoms. The number of rotatable bonds is 7. The highest BCUT2D eigenvalue weighted by Crippen LogP contribution is 2.18. The van der Waals surface area contributed by atoms with Crippen molar-refractivity contribution in [2.45, 2.75) is 19.6 Å². The predicted octanol–water partition coefficient (Wildman–Crippen LogP) is 3.29. The van der Waals surface area contributed by atoms with Gasteiger partial charge in [-0.15, -0.1) is 0 Å². The summed E-state index contributed by atoms with van der Waals surface area (Å²) < 4.78 is 47.0. The molecule has 2 aromatic carbocycles. The quantitative estimate of drug-likeness (QED) is 0.842. The molecule has 0 unspecified atom stereocenters. The van der Waals surface area contributed by atoms with Gasteiger partial charge < -0.3 is 14.8 Å². The molecule has 0 aromatic heterocycles. The van der Waals surface area contributed by atoms with Crippen LogP contribution in [0.3, 0.4) is 0 Å². The number of ether oxygens (including phenoxy) is 2. The number of hydrogen-bond acceptors (Lipinski definition) is 3. The van der Waals surface area contributed by atoms with Gasteiger partial charge in [0.05, 0.1) is 13.5 Å². The van der Waals surface area contributed by atoms with E-state index < -0.39 is 12.4 Å². The van der Waals surface area contributed by atoms with Gasteiger partial charge in [-0.3, -0.25) is 4.79 Å². The standard InChI is InChI=1S/C17H16F3NO3/c1-23-15-6-5-12(8-14(15)18)10-21-16(22)9-11-3-2-4-13(7-11)24-17(19)20/h2-8,17H,9-10H2,1H3,(H,21,22). The molecule has 0 fully saturated rings. The second-order valence-electron chi connectivity index (χ2n) is 4.95. The molecular weight excluding hydrogens is 323 g/mol. The predicted molar refractivity (Wildman–Crippen MR) is 81.6 cm³/mol. The summed E-state index contributed by atoms with van der Waals surface area (Å²) in [6.07, 6.45) is -0.000918. The van der Waals surface area contributed by atoms with Gasteiger partial charge in [0.2, 0.25) is 5.91 Å². The van der Waals surface area contributed by atoms with Crippen LogP contribution in [0.4, 0.5) is 13.2 Å². The van der Waals surface area contributed by atoms with Crippen LogP contribution in [0.25, 0.3) is 0 Å². The summed E-state index contributed by atoms with van der Waals surface area (Å²) in [4.78, 5) is 11.9. The van der Waals surface area contributed by atoms with Crippen LogP contribution in [0.5, 0.6) is 11.5 Å². The Morgan fingerprint density at radius 1 is 1.17 bits per heavy atom. The van der Waals surface area contributed by atoms with Crippen molar-refractivity contribution in [1.82, 2.24) is 5.32 Å². The van der Waals surface area contributed by atoms with E-state index in [2.05, 4.69) is 10.1 Å². The van der Waals surface area contributed by atoms with Crippen molar-refractivity contribution in [2.75, 3.05) is 7.11 Å². The van der Waals surface area contributed by atoms with Crippen molar-refractivity contribution in [3.05, 3.63) is 59.4 Å². The van der Waals surface area contributed by atoms with Gasteiger partial charge in [0.1, 0.15) is 5.75 Å². The van der Waals surface area contributed by atoms with E-state index in [1.54, 1.807) is 12.1 Å². The van der Waals surface area contributed by atoms with E-state index in [9.17, 15) is 18.0 Å². The van der Waals surface area contributed by atoms with E-state index in [-0.39, 0.29) is 30.4 Å². The molecule has 4 nitrogen and oxygen atoms in total. The Bertz CT molecular complexity index is 707. The van der Waals surface area contributed by atoms with Crippen LogP contribution in [-0.2, 0) is 17.8 Å². The molecule has 0 aliphatic carbocycles. The molecule has 1 amide bonds. The third-order valence-corrected chi connectivity index (χ3v) is 3.19. The van der Waals surface area contributed by atoms with Crippen molar-refractivity contribution < 1.29 is 27.4 Å². The zero-order valence-electron chi connectivity index (χ0n) is 12.9. The average molecular weight is 339 g/mol. The first-order chi connectivity index (χ1) is 11.5. The van der Waals surface area contributed by atoms with Gasteiger partial charge >= 0.3 is 6.61 Å². The minimum atomic E-state index is -2.92. The van der Waals surface area contributed by atoms with E-state index in [0.29, 0.717) is 11.1 Å². The Morgan fingerprint density at radius 3 is 2.62 bits per heavy atom. The second kappa shape index (κ2) is 8.24. The van der Waals surface area contributed by atoms with E-state index >= 15 is 0 Å². The maximum absolute atomic E-state index is 13.6. The zero-order valence-corrected chi connectivity index (χ0v) is 12.9. The Hall–Kier alpha value is -2.70. The number of nitrogens with one attached hydrogen (secondary N) is 1. The van der Waals surface area contributed by atoms with Crippen molar-refractivity contribution in [3.63, 3.8) is 0 Å². The molecule has 0 saturated carbocycles. The number of carbonyl (C=O) groups excluding carboxylic acids is 1. The molecule has 24 heavy (non-hydrogen) atoms. The van der Waals surface area contributed by atoms with Crippen molar-refractivity contribution in [2.24, 2.45) is 0 Å². The highest BCUT2D eigenvalue weighted by molar-refractivity contribution is 5.78. The summed E-state index contributed by atoms with van der Waals surface area (Å²) in [5.41, 5.74) is 1.11. The third-order valence-electron chi connectivity index (χ3n) is 3.19. The Morgan fingerprint density at radius 2 is 1.96 bits per heavy atom. The first-order valence-corrected chi connectivity index (χ1v) is 7.11.